The van der Waals surface area contributed by atoms with Gasteiger partial charge in [0.25, 0.3) is 0 Å². The van der Waals surface area contributed by atoms with Crippen LogP contribution in [0.15, 0.2) is 18.2 Å². The summed E-state index contributed by atoms with van der Waals surface area (Å²) >= 11 is 0. The van der Waals surface area contributed by atoms with Crippen LogP contribution in [0.1, 0.15) is 18.1 Å². The first-order valence-electron chi connectivity index (χ1n) is 5.92. The molecule has 0 spiro atoms. The Kier molecular flexibility index (Phi) is 5.86. The molecule has 1 rings (SSSR count). The van der Waals surface area contributed by atoms with Crippen LogP contribution in [0.3, 0.4) is 0 Å². The molecule has 0 aliphatic carbocycles. The van der Waals surface area contributed by atoms with Crippen LogP contribution in [-0.4, -0.2) is 25.9 Å². The van der Waals surface area contributed by atoms with E-state index in [2.05, 4.69) is 11.8 Å². The van der Waals surface area contributed by atoms with E-state index in [-0.39, 0.29) is 13.2 Å². The van der Waals surface area contributed by atoms with Crippen LogP contribution in [0.5, 0.6) is 5.75 Å². The molecule has 3 nitrogen and oxygen atoms in total. The van der Waals surface area contributed by atoms with Crippen molar-refractivity contribution >= 4 is 0 Å². The molecule has 20 heavy (non-hydrogen) atoms. The highest BCUT2D eigenvalue weighted by Gasteiger charge is 2.36. The maximum absolute atomic E-state index is 12.4. The quantitative estimate of drug-likeness (QED) is 0.865. The molecular weight excluding hydrogens is 271 g/mol. The first-order chi connectivity index (χ1) is 9.38. The molecule has 0 saturated heterocycles. The number of hydrogen-bond acceptors (Lipinski definition) is 3. The van der Waals surface area contributed by atoms with Crippen LogP contribution in [0.4, 0.5) is 13.2 Å². The van der Waals surface area contributed by atoms with E-state index in [1.807, 2.05) is 0 Å². The Hall–Kier alpha value is -1.71. The van der Waals surface area contributed by atoms with Gasteiger partial charge in [-0.05, 0) is 25.1 Å². The van der Waals surface area contributed by atoms with E-state index >= 15 is 0 Å². The summed E-state index contributed by atoms with van der Waals surface area (Å²) in [6.45, 7) is 0.968. The third-order valence-electron chi connectivity index (χ3n) is 2.56. The van der Waals surface area contributed by atoms with Gasteiger partial charge in [0.2, 0.25) is 0 Å². The SMILES string of the molecule is COc1ccc(C#CCN)cc1COC(C)C(F)(F)F. The molecule has 0 bridgehead atoms. The summed E-state index contributed by atoms with van der Waals surface area (Å²) in [6, 6.07) is 4.97. The van der Waals surface area contributed by atoms with Crippen LogP contribution in [0, 0.1) is 11.8 Å². The number of rotatable bonds is 4. The minimum Gasteiger partial charge on any atom is -0.496 e. The summed E-state index contributed by atoms with van der Waals surface area (Å²) in [6.07, 6.45) is -6.23. The lowest BCUT2D eigenvalue weighted by Gasteiger charge is -2.17. The van der Waals surface area contributed by atoms with Crippen molar-refractivity contribution in [1.29, 1.82) is 0 Å². The Morgan fingerprint density at radius 1 is 1.35 bits per heavy atom. The van der Waals surface area contributed by atoms with Gasteiger partial charge in [0.1, 0.15) is 5.75 Å². The standard InChI is InChI=1S/C14H16F3NO2/c1-10(14(15,16)17)20-9-12-8-11(4-3-7-18)5-6-13(12)19-2/h5-6,8,10H,7,9,18H2,1-2H3. The lowest BCUT2D eigenvalue weighted by atomic mass is 10.1. The third kappa shape index (κ3) is 4.76. The van der Waals surface area contributed by atoms with Gasteiger partial charge in [-0.25, -0.2) is 0 Å². The van der Waals surface area contributed by atoms with Crippen LogP contribution in [0.2, 0.25) is 0 Å². The topological polar surface area (TPSA) is 44.5 Å². The van der Waals surface area contributed by atoms with Gasteiger partial charge in [-0.15, -0.1) is 0 Å². The van der Waals surface area contributed by atoms with Crippen molar-refractivity contribution in [3.63, 3.8) is 0 Å². The van der Waals surface area contributed by atoms with E-state index in [1.165, 1.54) is 7.11 Å². The average molecular weight is 287 g/mol. The highest BCUT2D eigenvalue weighted by atomic mass is 19.4. The van der Waals surface area contributed by atoms with Crippen molar-refractivity contribution in [1.82, 2.24) is 0 Å². The Morgan fingerprint density at radius 3 is 2.60 bits per heavy atom. The molecule has 1 atom stereocenters. The molecule has 0 amide bonds. The molecule has 6 heteroatoms. The molecule has 0 saturated carbocycles. The van der Waals surface area contributed by atoms with Crippen molar-refractivity contribution in [2.24, 2.45) is 5.73 Å². The fourth-order valence-electron chi connectivity index (χ4n) is 1.43. The summed E-state index contributed by atoms with van der Waals surface area (Å²) in [5, 5.41) is 0. The summed E-state index contributed by atoms with van der Waals surface area (Å²) in [5.41, 5.74) is 6.42. The second kappa shape index (κ2) is 7.17. The van der Waals surface area contributed by atoms with Gasteiger partial charge in [0.15, 0.2) is 6.10 Å². The number of hydrogen-bond donors (Lipinski definition) is 1. The zero-order valence-corrected chi connectivity index (χ0v) is 11.3. The lowest BCUT2D eigenvalue weighted by molar-refractivity contribution is -0.217. The summed E-state index contributed by atoms with van der Waals surface area (Å²) in [7, 11) is 1.44. The summed E-state index contributed by atoms with van der Waals surface area (Å²) in [4.78, 5) is 0. The maximum atomic E-state index is 12.4. The molecule has 1 aromatic carbocycles. The van der Waals surface area contributed by atoms with Crippen LogP contribution < -0.4 is 10.5 Å². The van der Waals surface area contributed by atoms with Gasteiger partial charge in [-0.2, -0.15) is 13.2 Å². The molecule has 0 aliphatic rings. The van der Waals surface area contributed by atoms with E-state index in [0.29, 0.717) is 16.9 Å². The molecule has 1 aromatic rings. The third-order valence-corrected chi connectivity index (χ3v) is 2.56. The van der Waals surface area contributed by atoms with Gasteiger partial charge < -0.3 is 15.2 Å². The smallest absolute Gasteiger partial charge is 0.414 e. The van der Waals surface area contributed by atoms with Gasteiger partial charge in [-0.3, -0.25) is 0 Å². The highest BCUT2D eigenvalue weighted by Crippen LogP contribution is 2.26. The Labute approximate surface area is 115 Å². The normalized spacial score (nSPS) is 12.5. The predicted octanol–water partition coefficient (Wildman–Crippen LogP) is 2.47. The molecule has 0 fully saturated rings. The molecule has 1 unspecified atom stereocenters. The van der Waals surface area contributed by atoms with Crippen molar-refractivity contribution in [3.05, 3.63) is 29.3 Å². The minimum atomic E-state index is -4.38. The largest absolute Gasteiger partial charge is 0.496 e. The van der Waals surface area contributed by atoms with Crippen molar-refractivity contribution < 1.29 is 22.6 Å². The number of methoxy groups -OCH3 is 1. The number of halogens is 3. The van der Waals surface area contributed by atoms with Crippen LogP contribution in [-0.2, 0) is 11.3 Å². The fourth-order valence-corrected chi connectivity index (χ4v) is 1.43. The monoisotopic (exact) mass is 287 g/mol. The Balaban J connectivity index is 2.86. The molecule has 0 aromatic heterocycles. The van der Waals surface area contributed by atoms with Crippen LogP contribution in [0.25, 0.3) is 0 Å². The summed E-state index contributed by atoms with van der Waals surface area (Å²) in [5.74, 6) is 5.94. The van der Waals surface area contributed by atoms with E-state index in [1.54, 1.807) is 18.2 Å². The zero-order chi connectivity index (χ0) is 15.2. The first kappa shape index (κ1) is 16.3. The molecule has 0 heterocycles. The van der Waals surface area contributed by atoms with Crippen molar-refractivity contribution in [3.8, 4) is 17.6 Å². The average Bonchev–Trinajstić information content (AvgIpc) is 2.41. The fraction of sp³-hybridized carbons (Fsp3) is 0.429. The second-order valence-corrected chi connectivity index (χ2v) is 4.03. The van der Waals surface area contributed by atoms with Gasteiger partial charge >= 0.3 is 6.18 Å². The zero-order valence-electron chi connectivity index (χ0n) is 11.3. The van der Waals surface area contributed by atoms with Gasteiger partial charge in [0, 0.05) is 11.1 Å². The molecule has 2 N–H and O–H groups in total. The number of nitrogens with two attached hydrogens (primary N) is 1. The summed E-state index contributed by atoms with van der Waals surface area (Å²) < 4.78 is 47.1. The maximum Gasteiger partial charge on any atom is 0.414 e. The minimum absolute atomic E-state index is 0.206. The van der Waals surface area contributed by atoms with Crippen molar-refractivity contribution in [2.75, 3.05) is 13.7 Å². The van der Waals surface area contributed by atoms with E-state index in [0.717, 1.165) is 6.92 Å². The predicted molar refractivity (Wildman–Crippen MR) is 69.2 cm³/mol. The first-order valence-corrected chi connectivity index (χ1v) is 5.92. The molecule has 0 aliphatic heterocycles. The molecule has 0 radical (unpaired) electrons. The Morgan fingerprint density at radius 2 is 2.05 bits per heavy atom. The number of alkyl halides is 3. The highest BCUT2D eigenvalue weighted by molar-refractivity contribution is 5.44. The van der Waals surface area contributed by atoms with Crippen LogP contribution >= 0.6 is 0 Å². The molecular formula is C14H16F3NO2. The molecule has 110 valence electrons. The number of ether oxygens (including phenoxy) is 2. The van der Waals surface area contributed by atoms with Gasteiger partial charge in [0.05, 0.1) is 20.3 Å². The van der Waals surface area contributed by atoms with E-state index in [9.17, 15) is 13.2 Å². The van der Waals surface area contributed by atoms with E-state index in [4.69, 9.17) is 15.2 Å². The lowest BCUT2D eigenvalue weighted by Crippen LogP contribution is -2.28. The van der Waals surface area contributed by atoms with E-state index < -0.39 is 12.3 Å². The Bertz CT molecular complexity index is 503. The second-order valence-electron chi connectivity index (χ2n) is 4.03. The van der Waals surface area contributed by atoms with Crippen molar-refractivity contribution in [2.45, 2.75) is 25.8 Å². The number of benzene rings is 1. The van der Waals surface area contributed by atoms with Gasteiger partial charge in [-0.1, -0.05) is 11.8 Å².